The van der Waals surface area contributed by atoms with Crippen molar-refractivity contribution in [2.45, 2.75) is 69.4 Å². The number of hydrogen-bond donors (Lipinski definition) is 3. The van der Waals surface area contributed by atoms with Gasteiger partial charge in [0.25, 0.3) is 0 Å². The standard InChI is InChI=1S/C19H30ClNO.C4H4O4/c1-5-18(22,6-2)14-17(21(3)4)19(12-7-13-19)15-8-10-16(20)11-9-15;5-3(6)1-2-4(7)8/h8-11,17,22H,5-7,12-14H2,1-4H3;1-2H,(H,5,6)(H,7,8)/b;2-1-. The van der Waals surface area contributed by atoms with E-state index >= 15 is 0 Å². The van der Waals surface area contributed by atoms with Gasteiger partial charge in [0.15, 0.2) is 0 Å². The van der Waals surface area contributed by atoms with Crippen LogP contribution in [-0.4, -0.2) is 57.9 Å². The molecule has 1 aliphatic carbocycles. The molecule has 0 saturated heterocycles. The third kappa shape index (κ3) is 7.11. The number of benzene rings is 1. The van der Waals surface area contributed by atoms with E-state index in [9.17, 15) is 14.7 Å². The Balaban J connectivity index is 0.000000479. The van der Waals surface area contributed by atoms with Gasteiger partial charge in [0.1, 0.15) is 0 Å². The molecule has 0 amide bonds. The topological polar surface area (TPSA) is 98.1 Å². The van der Waals surface area contributed by atoms with E-state index < -0.39 is 17.5 Å². The van der Waals surface area contributed by atoms with E-state index in [0.717, 1.165) is 24.3 Å². The van der Waals surface area contributed by atoms with Crippen LogP contribution in [0.15, 0.2) is 36.4 Å². The van der Waals surface area contributed by atoms with Crippen LogP contribution in [0.1, 0.15) is 57.9 Å². The highest BCUT2D eigenvalue weighted by molar-refractivity contribution is 6.30. The van der Waals surface area contributed by atoms with Gasteiger partial charge in [-0.3, -0.25) is 0 Å². The van der Waals surface area contributed by atoms with Gasteiger partial charge in [0.05, 0.1) is 5.60 Å². The van der Waals surface area contributed by atoms with E-state index in [1.165, 1.54) is 24.8 Å². The number of carboxylic acid groups (broad SMARTS) is 2. The highest BCUT2D eigenvalue weighted by atomic mass is 35.5. The molecule has 0 bridgehead atoms. The lowest BCUT2D eigenvalue weighted by molar-refractivity contribution is -0.134. The van der Waals surface area contributed by atoms with Crippen LogP contribution in [0.5, 0.6) is 0 Å². The molecule has 1 aromatic rings. The number of carboxylic acids is 2. The zero-order valence-corrected chi connectivity index (χ0v) is 19.0. The number of carbonyl (C=O) groups is 2. The molecule has 168 valence electrons. The zero-order valence-electron chi connectivity index (χ0n) is 18.3. The minimum absolute atomic E-state index is 0.159. The second-order valence-corrected chi connectivity index (χ2v) is 8.58. The molecule has 6 nitrogen and oxygen atoms in total. The van der Waals surface area contributed by atoms with E-state index in [0.29, 0.717) is 18.2 Å². The summed E-state index contributed by atoms with van der Waals surface area (Å²) >= 11 is 6.07. The van der Waals surface area contributed by atoms with E-state index in [1.54, 1.807) is 0 Å². The lowest BCUT2D eigenvalue weighted by Crippen LogP contribution is -2.55. The summed E-state index contributed by atoms with van der Waals surface area (Å²) in [5.41, 5.74) is 0.965. The largest absolute Gasteiger partial charge is 0.478 e. The van der Waals surface area contributed by atoms with Crippen molar-refractivity contribution in [2.75, 3.05) is 14.1 Å². The number of aliphatic hydroxyl groups is 1. The Morgan fingerprint density at radius 2 is 1.57 bits per heavy atom. The van der Waals surface area contributed by atoms with Crippen LogP contribution in [0, 0.1) is 0 Å². The third-order valence-electron chi connectivity index (χ3n) is 6.18. The molecule has 1 saturated carbocycles. The summed E-state index contributed by atoms with van der Waals surface area (Å²) in [6.07, 6.45) is 7.22. The second-order valence-electron chi connectivity index (χ2n) is 8.14. The van der Waals surface area contributed by atoms with Crippen molar-refractivity contribution in [3.63, 3.8) is 0 Å². The Labute approximate surface area is 184 Å². The fraction of sp³-hybridized carbons (Fsp3) is 0.565. The maximum Gasteiger partial charge on any atom is 0.328 e. The Bertz CT molecular complexity index is 706. The average Bonchev–Trinajstić information content (AvgIpc) is 2.66. The van der Waals surface area contributed by atoms with E-state index in [2.05, 4.69) is 45.0 Å². The van der Waals surface area contributed by atoms with Gasteiger partial charge in [0.2, 0.25) is 0 Å². The van der Waals surface area contributed by atoms with Gasteiger partial charge in [-0.05, 0) is 63.9 Å². The second kappa shape index (κ2) is 11.5. The number of halogens is 1. The first-order chi connectivity index (χ1) is 14.0. The summed E-state index contributed by atoms with van der Waals surface area (Å²) in [5.74, 6) is -2.51. The van der Waals surface area contributed by atoms with Gasteiger partial charge in [0, 0.05) is 28.6 Å². The third-order valence-corrected chi connectivity index (χ3v) is 6.44. The summed E-state index contributed by atoms with van der Waals surface area (Å²) in [6.45, 7) is 4.18. The summed E-state index contributed by atoms with van der Waals surface area (Å²) in [4.78, 5) is 21.4. The number of rotatable bonds is 9. The number of nitrogens with zero attached hydrogens (tertiary/aromatic N) is 1. The first-order valence-electron chi connectivity index (χ1n) is 10.3. The maximum absolute atomic E-state index is 10.9. The minimum atomic E-state index is -1.26. The van der Waals surface area contributed by atoms with Crippen LogP contribution in [0.3, 0.4) is 0 Å². The molecule has 0 aliphatic heterocycles. The molecule has 0 spiro atoms. The highest BCUT2D eigenvalue weighted by Crippen LogP contribution is 2.50. The van der Waals surface area contributed by atoms with Crippen molar-refractivity contribution >= 4 is 23.5 Å². The summed E-state index contributed by atoms with van der Waals surface area (Å²) in [5, 5.41) is 27.3. The van der Waals surface area contributed by atoms with Crippen molar-refractivity contribution < 1.29 is 24.9 Å². The molecule has 0 heterocycles. The van der Waals surface area contributed by atoms with E-state index in [-0.39, 0.29) is 5.41 Å². The quantitative estimate of drug-likeness (QED) is 0.495. The van der Waals surface area contributed by atoms with Gasteiger partial charge in [-0.2, -0.15) is 0 Å². The Morgan fingerprint density at radius 1 is 1.10 bits per heavy atom. The molecule has 30 heavy (non-hydrogen) atoms. The van der Waals surface area contributed by atoms with Crippen LogP contribution in [0.2, 0.25) is 5.02 Å². The van der Waals surface area contributed by atoms with Gasteiger partial charge >= 0.3 is 11.9 Å². The number of likely N-dealkylation sites (N-methyl/N-ethyl adjacent to an activating group) is 1. The Morgan fingerprint density at radius 3 is 1.87 bits per heavy atom. The van der Waals surface area contributed by atoms with Crippen LogP contribution in [-0.2, 0) is 15.0 Å². The SMILES string of the molecule is CCC(O)(CC)CC(N(C)C)C1(c2ccc(Cl)cc2)CCC1.O=C(O)/C=C\C(=O)O. The fourth-order valence-electron chi connectivity index (χ4n) is 4.07. The smallest absolute Gasteiger partial charge is 0.328 e. The molecule has 1 aliphatic rings. The van der Waals surface area contributed by atoms with Crippen LogP contribution < -0.4 is 0 Å². The molecular weight excluding hydrogens is 406 g/mol. The lowest BCUT2D eigenvalue weighted by Gasteiger charge is -2.52. The normalized spacial score (nSPS) is 16.5. The molecule has 0 radical (unpaired) electrons. The molecule has 1 fully saturated rings. The Kier molecular flexibility index (Phi) is 10.0. The minimum Gasteiger partial charge on any atom is -0.478 e. The summed E-state index contributed by atoms with van der Waals surface area (Å²) in [7, 11) is 4.29. The summed E-state index contributed by atoms with van der Waals surface area (Å²) < 4.78 is 0. The van der Waals surface area contributed by atoms with Crippen molar-refractivity contribution in [1.82, 2.24) is 4.90 Å². The summed E-state index contributed by atoms with van der Waals surface area (Å²) in [6, 6.07) is 8.70. The first kappa shape index (κ1) is 26.1. The maximum atomic E-state index is 10.9. The molecule has 2 rings (SSSR count). The fourth-order valence-corrected chi connectivity index (χ4v) is 4.19. The van der Waals surface area contributed by atoms with Gasteiger partial charge in [-0.15, -0.1) is 0 Å². The molecule has 1 unspecified atom stereocenters. The average molecular weight is 440 g/mol. The van der Waals surface area contributed by atoms with Crippen LogP contribution >= 0.6 is 11.6 Å². The van der Waals surface area contributed by atoms with Gasteiger partial charge < -0.3 is 20.2 Å². The molecule has 0 aromatic heterocycles. The van der Waals surface area contributed by atoms with Gasteiger partial charge in [-0.25, -0.2) is 9.59 Å². The van der Waals surface area contributed by atoms with Gasteiger partial charge in [-0.1, -0.05) is 44.0 Å². The number of hydrogen-bond acceptors (Lipinski definition) is 4. The van der Waals surface area contributed by atoms with Crippen molar-refractivity contribution in [3.05, 3.63) is 47.0 Å². The zero-order chi connectivity index (χ0) is 22.9. The predicted octanol–water partition coefficient (Wildman–Crippen LogP) is 4.34. The van der Waals surface area contributed by atoms with Crippen LogP contribution in [0.4, 0.5) is 0 Å². The van der Waals surface area contributed by atoms with E-state index in [4.69, 9.17) is 21.8 Å². The van der Waals surface area contributed by atoms with Crippen molar-refractivity contribution in [2.24, 2.45) is 0 Å². The number of aliphatic carboxylic acids is 2. The molecule has 3 N–H and O–H groups in total. The first-order valence-corrected chi connectivity index (χ1v) is 10.7. The molecule has 1 atom stereocenters. The van der Waals surface area contributed by atoms with Crippen molar-refractivity contribution in [1.29, 1.82) is 0 Å². The molecule has 1 aromatic carbocycles. The van der Waals surface area contributed by atoms with E-state index in [1.807, 2.05) is 12.1 Å². The monoisotopic (exact) mass is 439 g/mol. The van der Waals surface area contributed by atoms with Crippen molar-refractivity contribution in [3.8, 4) is 0 Å². The molecular formula is C23H34ClNO5. The lowest BCUT2D eigenvalue weighted by atomic mass is 9.58. The predicted molar refractivity (Wildman–Crippen MR) is 119 cm³/mol. The highest BCUT2D eigenvalue weighted by Gasteiger charge is 2.48. The Hall–Kier alpha value is -1.89. The molecule has 7 heteroatoms. The van der Waals surface area contributed by atoms with Crippen LogP contribution in [0.25, 0.3) is 0 Å².